The average Bonchev–Trinajstić information content (AvgIpc) is 2.67. The molecule has 3 rings (SSSR count). The van der Waals surface area contributed by atoms with E-state index in [0.717, 1.165) is 22.3 Å². The average molecular weight is 359 g/mol. The van der Waals surface area contributed by atoms with E-state index in [1.807, 2.05) is 56.4 Å². The molecular formula is C23H26BNO2. The molecule has 1 heterocycles. The van der Waals surface area contributed by atoms with Crippen LogP contribution in [0.5, 0.6) is 0 Å². The van der Waals surface area contributed by atoms with Gasteiger partial charge in [0.15, 0.2) is 0 Å². The highest BCUT2D eigenvalue weighted by Gasteiger charge is 2.35. The third-order valence-electron chi connectivity index (χ3n) is 5.16. The Morgan fingerprint density at radius 1 is 0.815 bits per heavy atom. The van der Waals surface area contributed by atoms with Crippen molar-refractivity contribution in [2.75, 3.05) is 0 Å². The van der Waals surface area contributed by atoms with Crippen molar-refractivity contribution in [1.82, 2.24) is 4.98 Å². The molecule has 0 saturated carbocycles. The number of hydrogen-bond acceptors (Lipinski definition) is 3. The fraction of sp³-hybridized carbons (Fsp3) is 0.261. The maximum atomic E-state index is 10.3. The molecule has 27 heavy (non-hydrogen) atoms. The highest BCUT2D eigenvalue weighted by molar-refractivity contribution is 6.47. The summed E-state index contributed by atoms with van der Waals surface area (Å²) in [6.45, 7) is 7.34. The highest BCUT2D eigenvalue weighted by atomic mass is 16.5. The lowest BCUT2D eigenvalue weighted by Crippen LogP contribution is -2.49. The fourth-order valence-electron chi connectivity index (χ4n) is 2.66. The number of hydrogen-bond donors (Lipinski definition) is 1. The summed E-state index contributed by atoms with van der Waals surface area (Å²) >= 11 is 0. The lowest BCUT2D eigenvalue weighted by molar-refractivity contribution is -0.0893. The summed E-state index contributed by atoms with van der Waals surface area (Å²) in [6.07, 6.45) is 1.85. The van der Waals surface area contributed by atoms with Crippen molar-refractivity contribution in [2.45, 2.75) is 38.9 Å². The van der Waals surface area contributed by atoms with Crippen molar-refractivity contribution < 1.29 is 9.76 Å². The molecule has 3 nitrogen and oxygen atoms in total. The molecule has 0 amide bonds. The van der Waals surface area contributed by atoms with Gasteiger partial charge in [-0.1, -0.05) is 60.1 Å². The molecule has 0 aliphatic carbocycles. The van der Waals surface area contributed by atoms with Crippen LogP contribution in [0.4, 0.5) is 0 Å². The zero-order valence-corrected chi connectivity index (χ0v) is 16.4. The predicted octanol–water partition coefficient (Wildman–Crippen LogP) is 3.96. The Balaban J connectivity index is 1.82. The van der Waals surface area contributed by atoms with Crippen LogP contribution in [0, 0.1) is 0 Å². The van der Waals surface area contributed by atoms with E-state index >= 15 is 0 Å². The van der Waals surface area contributed by atoms with E-state index in [2.05, 4.69) is 35.3 Å². The van der Waals surface area contributed by atoms with Crippen molar-refractivity contribution in [3.63, 3.8) is 0 Å². The standard InChI is InChI=1S/C23H26BNO2/c1-22(2,26)23(3,4)27-24-20-12-8-11-19(15-20)21-16-18(13-14-25-21)17-9-6-5-7-10-17/h5-16,24,26H,1-4H3. The smallest absolute Gasteiger partial charge is 0.309 e. The zero-order valence-electron chi connectivity index (χ0n) is 16.4. The molecule has 0 aliphatic heterocycles. The van der Waals surface area contributed by atoms with E-state index in [1.165, 1.54) is 5.56 Å². The molecule has 0 unspecified atom stereocenters. The Labute approximate surface area is 162 Å². The molecule has 4 heteroatoms. The topological polar surface area (TPSA) is 42.4 Å². The van der Waals surface area contributed by atoms with Crippen LogP contribution in [0.1, 0.15) is 27.7 Å². The SMILES string of the molecule is CC(C)(O)C(C)(C)OBc1cccc(-c2cc(-c3ccccc3)ccn2)c1. The maximum Gasteiger partial charge on any atom is 0.309 e. The summed E-state index contributed by atoms with van der Waals surface area (Å²) < 4.78 is 5.99. The number of aromatic nitrogens is 1. The fourth-order valence-corrected chi connectivity index (χ4v) is 2.66. The summed E-state index contributed by atoms with van der Waals surface area (Å²) in [5.41, 5.74) is 3.79. The van der Waals surface area contributed by atoms with Crippen LogP contribution < -0.4 is 5.46 Å². The van der Waals surface area contributed by atoms with Crippen molar-refractivity contribution in [3.05, 3.63) is 72.9 Å². The van der Waals surface area contributed by atoms with Gasteiger partial charge in [0.05, 0.1) is 16.9 Å². The van der Waals surface area contributed by atoms with Crippen molar-refractivity contribution in [3.8, 4) is 22.4 Å². The van der Waals surface area contributed by atoms with Crippen LogP contribution in [-0.2, 0) is 4.65 Å². The normalized spacial score (nSPS) is 12.0. The summed E-state index contributed by atoms with van der Waals surface area (Å²) in [4.78, 5) is 4.54. The van der Waals surface area contributed by atoms with Gasteiger partial charge in [-0.15, -0.1) is 0 Å². The molecule has 0 bridgehead atoms. The second kappa shape index (κ2) is 7.67. The highest BCUT2D eigenvalue weighted by Crippen LogP contribution is 2.25. The van der Waals surface area contributed by atoms with Crippen molar-refractivity contribution >= 4 is 12.9 Å². The van der Waals surface area contributed by atoms with E-state index < -0.39 is 11.2 Å². The van der Waals surface area contributed by atoms with Crippen molar-refractivity contribution in [1.29, 1.82) is 0 Å². The van der Waals surface area contributed by atoms with Gasteiger partial charge in [0, 0.05) is 6.20 Å². The second-order valence-electron chi connectivity index (χ2n) is 7.85. The van der Waals surface area contributed by atoms with Gasteiger partial charge < -0.3 is 9.76 Å². The molecule has 0 spiro atoms. The number of pyridine rings is 1. The van der Waals surface area contributed by atoms with Gasteiger partial charge in [0.2, 0.25) is 0 Å². The first kappa shape index (κ1) is 19.3. The van der Waals surface area contributed by atoms with Crippen LogP contribution >= 0.6 is 0 Å². The van der Waals surface area contributed by atoms with E-state index in [-0.39, 0.29) is 0 Å². The Bertz CT molecular complexity index is 902. The Hall–Kier alpha value is -2.43. The predicted molar refractivity (Wildman–Crippen MR) is 113 cm³/mol. The van der Waals surface area contributed by atoms with E-state index in [9.17, 15) is 5.11 Å². The van der Waals surface area contributed by atoms with Gasteiger partial charge in [0.25, 0.3) is 0 Å². The van der Waals surface area contributed by atoms with E-state index in [1.54, 1.807) is 13.8 Å². The van der Waals surface area contributed by atoms with Gasteiger partial charge in [-0.25, -0.2) is 0 Å². The van der Waals surface area contributed by atoms with Crippen LogP contribution in [0.2, 0.25) is 0 Å². The molecule has 138 valence electrons. The molecule has 1 aromatic heterocycles. The number of aliphatic hydroxyl groups is 1. The monoisotopic (exact) mass is 359 g/mol. The van der Waals surface area contributed by atoms with Gasteiger partial charge in [-0.05, 0) is 56.5 Å². The molecule has 0 saturated heterocycles. The summed E-state index contributed by atoms with van der Waals surface area (Å²) in [5, 5.41) is 10.3. The molecule has 2 aromatic carbocycles. The minimum Gasteiger partial charge on any atom is -0.427 e. The van der Waals surface area contributed by atoms with Gasteiger partial charge in [-0.3, -0.25) is 4.98 Å². The number of nitrogens with zero attached hydrogens (tertiary/aromatic N) is 1. The Kier molecular flexibility index (Phi) is 5.49. The van der Waals surface area contributed by atoms with Crippen LogP contribution in [-0.4, -0.2) is 28.8 Å². The second-order valence-corrected chi connectivity index (χ2v) is 7.85. The lowest BCUT2D eigenvalue weighted by Gasteiger charge is -2.37. The molecule has 1 N–H and O–H groups in total. The molecule has 0 aliphatic rings. The third-order valence-corrected chi connectivity index (χ3v) is 5.16. The first-order chi connectivity index (χ1) is 12.8. The summed E-state index contributed by atoms with van der Waals surface area (Å²) in [6, 6.07) is 22.6. The van der Waals surface area contributed by atoms with Gasteiger partial charge >= 0.3 is 7.48 Å². The quantitative estimate of drug-likeness (QED) is 0.678. The largest absolute Gasteiger partial charge is 0.427 e. The molecule has 3 aromatic rings. The number of rotatable bonds is 6. The number of benzene rings is 2. The lowest BCUT2D eigenvalue weighted by atomic mass is 9.82. The maximum absolute atomic E-state index is 10.3. The third kappa shape index (κ3) is 4.65. The molecule has 0 fully saturated rings. The van der Waals surface area contributed by atoms with E-state index in [0.29, 0.717) is 7.48 Å². The van der Waals surface area contributed by atoms with Crippen LogP contribution in [0.25, 0.3) is 22.4 Å². The van der Waals surface area contributed by atoms with Gasteiger partial charge in [-0.2, -0.15) is 0 Å². The first-order valence-electron chi connectivity index (χ1n) is 9.23. The van der Waals surface area contributed by atoms with Crippen molar-refractivity contribution in [2.24, 2.45) is 0 Å². The minimum atomic E-state index is -0.920. The summed E-state index contributed by atoms with van der Waals surface area (Å²) in [5.74, 6) is 0. The van der Waals surface area contributed by atoms with Crippen LogP contribution in [0.15, 0.2) is 72.9 Å². The first-order valence-corrected chi connectivity index (χ1v) is 9.23. The summed E-state index contributed by atoms with van der Waals surface area (Å²) in [7, 11) is 0.434. The molecule has 0 atom stereocenters. The Morgan fingerprint density at radius 2 is 1.52 bits per heavy atom. The Morgan fingerprint density at radius 3 is 2.22 bits per heavy atom. The zero-order chi connectivity index (χ0) is 19.5. The minimum absolute atomic E-state index is 0.434. The van der Waals surface area contributed by atoms with Gasteiger partial charge in [0.1, 0.15) is 0 Å². The van der Waals surface area contributed by atoms with Crippen LogP contribution in [0.3, 0.4) is 0 Å². The molecular weight excluding hydrogens is 333 g/mol. The van der Waals surface area contributed by atoms with E-state index in [4.69, 9.17) is 4.65 Å². The molecule has 0 radical (unpaired) electrons.